The van der Waals surface area contributed by atoms with Crippen molar-refractivity contribution < 1.29 is 4.79 Å². The van der Waals surface area contributed by atoms with E-state index in [2.05, 4.69) is 13.5 Å². The van der Waals surface area contributed by atoms with E-state index in [4.69, 9.17) is 0 Å². The first kappa shape index (κ1) is 32.4. The zero-order valence-electron chi connectivity index (χ0n) is 23.0. The number of ketones is 1. The highest BCUT2D eigenvalue weighted by Gasteiger charge is 1.97. The van der Waals surface area contributed by atoms with E-state index in [0.717, 1.165) is 6.42 Å². The predicted molar refractivity (Wildman–Crippen MR) is 150 cm³/mol. The van der Waals surface area contributed by atoms with Gasteiger partial charge in [0.05, 0.1) is 0 Å². The Balaban J connectivity index is 3.02. The first-order valence-electron chi connectivity index (χ1n) is 15.5. The lowest BCUT2D eigenvalue weighted by molar-refractivity contribution is -0.114. The Bertz CT molecular complexity index is 386. The first-order chi connectivity index (χ1) is 16.3. The van der Waals surface area contributed by atoms with Crippen molar-refractivity contribution in [2.45, 2.75) is 187 Å². The summed E-state index contributed by atoms with van der Waals surface area (Å²) in [6.45, 7) is 5.83. The first-order valence-corrected chi connectivity index (χ1v) is 15.5. The highest BCUT2D eigenvalue weighted by atomic mass is 16.1. The Labute approximate surface area is 210 Å². The van der Waals surface area contributed by atoms with Gasteiger partial charge in [-0.2, -0.15) is 0 Å². The third-order valence-electron chi connectivity index (χ3n) is 7.25. The van der Waals surface area contributed by atoms with Crippen LogP contribution < -0.4 is 0 Å². The maximum Gasteiger partial charge on any atom is 0.155 e. The molecule has 0 saturated heterocycles. The van der Waals surface area contributed by atoms with Crippen molar-refractivity contribution in [1.29, 1.82) is 0 Å². The second-order valence-electron chi connectivity index (χ2n) is 10.6. The van der Waals surface area contributed by atoms with Gasteiger partial charge in [-0.25, -0.2) is 0 Å². The van der Waals surface area contributed by atoms with E-state index in [-0.39, 0.29) is 5.78 Å². The van der Waals surface area contributed by atoms with Gasteiger partial charge in [-0.15, -0.1) is 0 Å². The summed E-state index contributed by atoms with van der Waals surface area (Å²) in [5.74, 6) is 0.203. The zero-order chi connectivity index (χ0) is 24.1. The van der Waals surface area contributed by atoms with E-state index in [9.17, 15) is 4.79 Å². The summed E-state index contributed by atoms with van der Waals surface area (Å²) in [4.78, 5) is 11.1. The molecule has 1 heteroatoms. The molecule has 0 aliphatic carbocycles. The van der Waals surface area contributed by atoms with Crippen molar-refractivity contribution in [3.05, 3.63) is 12.7 Å². The van der Waals surface area contributed by atoms with E-state index in [1.54, 1.807) is 0 Å². The number of carbonyl (C=O) groups is 1. The molecule has 0 rings (SSSR count). The molecule has 0 unspecified atom stereocenters. The summed E-state index contributed by atoms with van der Waals surface area (Å²) >= 11 is 0. The molecule has 0 saturated carbocycles. The maximum absolute atomic E-state index is 11.1. The molecule has 0 aliphatic heterocycles. The van der Waals surface area contributed by atoms with Crippen LogP contribution in [0, 0.1) is 0 Å². The van der Waals surface area contributed by atoms with Gasteiger partial charge in [0, 0.05) is 6.42 Å². The minimum Gasteiger partial charge on any atom is -0.295 e. The Hall–Kier alpha value is -0.590. The summed E-state index contributed by atoms with van der Waals surface area (Å²) in [7, 11) is 0. The highest BCUT2D eigenvalue weighted by molar-refractivity contribution is 5.88. The van der Waals surface area contributed by atoms with Gasteiger partial charge in [0.2, 0.25) is 0 Å². The summed E-state index contributed by atoms with van der Waals surface area (Å²) in [5.41, 5.74) is 0. The molecule has 0 aromatic carbocycles. The molecule has 0 bridgehead atoms. The van der Waals surface area contributed by atoms with E-state index >= 15 is 0 Å². The molecular weight excluding hydrogens is 400 g/mol. The molecule has 0 aromatic rings. The minimum absolute atomic E-state index is 0.203. The fourth-order valence-electron chi connectivity index (χ4n) is 4.89. The standard InChI is InChI=1S/C32H62O/c1-3-5-6-7-8-9-10-11-12-13-14-15-16-17-18-19-20-21-22-23-24-25-26-27-28-29-30-31-32(33)4-2/h4H,2-3,5-31H2,1H3. The second kappa shape index (κ2) is 29.4. The van der Waals surface area contributed by atoms with E-state index in [1.165, 1.54) is 173 Å². The molecule has 0 N–H and O–H groups in total. The van der Waals surface area contributed by atoms with Gasteiger partial charge < -0.3 is 0 Å². The highest BCUT2D eigenvalue weighted by Crippen LogP contribution is 2.16. The lowest BCUT2D eigenvalue weighted by Gasteiger charge is -2.04. The van der Waals surface area contributed by atoms with Crippen LogP contribution >= 0.6 is 0 Å². The molecule has 196 valence electrons. The van der Waals surface area contributed by atoms with E-state index in [1.807, 2.05) is 0 Å². The van der Waals surface area contributed by atoms with Gasteiger partial charge in [-0.1, -0.05) is 180 Å². The second-order valence-corrected chi connectivity index (χ2v) is 10.6. The summed E-state index contributed by atoms with van der Waals surface area (Å²) < 4.78 is 0. The molecule has 33 heavy (non-hydrogen) atoms. The normalized spacial score (nSPS) is 11.2. The molecular formula is C32H62O. The van der Waals surface area contributed by atoms with Crippen LogP contribution in [-0.4, -0.2) is 5.78 Å². The van der Waals surface area contributed by atoms with Crippen molar-refractivity contribution >= 4 is 5.78 Å². The third-order valence-corrected chi connectivity index (χ3v) is 7.25. The molecule has 0 amide bonds. The summed E-state index contributed by atoms with van der Waals surface area (Å²) in [6.07, 6.45) is 40.5. The smallest absolute Gasteiger partial charge is 0.155 e. The van der Waals surface area contributed by atoms with E-state index in [0.29, 0.717) is 6.42 Å². The number of hydrogen-bond acceptors (Lipinski definition) is 1. The molecule has 0 fully saturated rings. The lowest BCUT2D eigenvalue weighted by Crippen LogP contribution is -1.91. The SMILES string of the molecule is C=CC(=O)CCCCCCCCCCCCCCCCCCCCCCCCCCCCC. The summed E-state index contributed by atoms with van der Waals surface area (Å²) in [5, 5.41) is 0. The molecule has 0 spiro atoms. The number of carbonyl (C=O) groups excluding carboxylic acids is 1. The van der Waals surface area contributed by atoms with Crippen LogP contribution in [0.4, 0.5) is 0 Å². The number of unbranched alkanes of at least 4 members (excludes halogenated alkanes) is 26. The van der Waals surface area contributed by atoms with Crippen LogP contribution in [0.1, 0.15) is 187 Å². The van der Waals surface area contributed by atoms with Crippen molar-refractivity contribution in [3.8, 4) is 0 Å². The van der Waals surface area contributed by atoms with Crippen molar-refractivity contribution in [3.63, 3.8) is 0 Å². The van der Waals surface area contributed by atoms with Gasteiger partial charge >= 0.3 is 0 Å². The Morgan fingerprint density at radius 1 is 0.424 bits per heavy atom. The fourth-order valence-corrected chi connectivity index (χ4v) is 4.89. The van der Waals surface area contributed by atoms with Crippen LogP contribution in [0.15, 0.2) is 12.7 Å². The Morgan fingerprint density at radius 2 is 0.636 bits per heavy atom. The molecule has 0 atom stereocenters. The zero-order valence-corrected chi connectivity index (χ0v) is 23.0. The number of hydrogen-bond donors (Lipinski definition) is 0. The topological polar surface area (TPSA) is 17.1 Å². The monoisotopic (exact) mass is 462 g/mol. The van der Waals surface area contributed by atoms with Gasteiger partial charge in [0.1, 0.15) is 0 Å². The molecule has 0 aromatic heterocycles. The maximum atomic E-state index is 11.1. The van der Waals surface area contributed by atoms with Crippen molar-refractivity contribution in [1.82, 2.24) is 0 Å². The molecule has 0 heterocycles. The quantitative estimate of drug-likeness (QED) is 0.0797. The van der Waals surface area contributed by atoms with Crippen LogP contribution in [0.5, 0.6) is 0 Å². The van der Waals surface area contributed by atoms with Crippen molar-refractivity contribution in [2.24, 2.45) is 0 Å². The van der Waals surface area contributed by atoms with E-state index < -0.39 is 0 Å². The average molecular weight is 463 g/mol. The third kappa shape index (κ3) is 29.4. The van der Waals surface area contributed by atoms with Crippen LogP contribution in [0.25, 0.3) is 0 Å². The minimum atomic E-state index is 0.203. The Kier molecular flexibility index (Phi) is 28.9. The molecule has 0 aliphatic rings. The predicted octanol–water partition coefficient (Wildman–Crippen LogP) is 11.7. The molecule has 1 nitrogen and oxygen atoms in total. The van der Waals surface area contributed by atoms with Crippen LogP contribution in [0.2, 0.25) is 0 Å². The van der Waals surface area contributed by atoms with Gasteiger partial charge in [0.15, 0.2) is 5.78 Å². The van der Waals surface area contributed by atoms with Crippen molar-refractivity contribution in [2.75, 3.05) is 0 Å². The average Bonchev–Trinajstić information content (AvgIpc) is 2.83. The Morgan fingerprint density at radius 3 is 0.848 bits per heavy atom. The lowest BCUT2D eigenvalue weighted by atomic mass is 10.0. The van der Waals surface area contributed by atoms with Crippen LogP contribution in [0.3, 0.4) is 0 Å². The largest absolute Gasteiger partial charge is 0.295 e. The fraction of sp³-hybridized carbons (Fsp3) is 0.906. The number of allylic oxidation sites excluding steroid dienone is 1. The van der Waals surface area contributed by atoms with Crippen LogP contribution in [-0.2, 0) is 4.79 Å². The molecule has 0 radical (unpaired) electrons. The number of rotatable bonds is 29. The van der Waals surface area contributed by atoms with Gasteiger partial charge in [0.25, 0.3) is 0 Å². The van der Waals surface area contributed by atoms with Gasteiger partial charge in [-0.05, 0) is 12.5 Å². The summed E-state index contributed by atoms with van der Waals surface area (Å²) in [6, 6.07) is 0. The van der Waals surface area contributed by atoms with Gasteiger partial charge in [-0.3, -0.25) is 4.79 Å².